The highest BCUT2D eigenvalue weighted by atomic mass is 35.5. The van der Waals surface area contributed by atoms with Crippen LogP contribution in [0.1, 0.15) is 12.0 Å². The molecule has 7 nitrogen and oxygen atoms in total. The highest BCUT2D eigenvalue weighted by Crippen LogP contribution is 2.24. The number of halogens is 1. The lowest BCUT2D eigenvalue weighted by Crippen LogP contribution is -2.22. The number of hydrazone groups is 1. The van der Waals surface area contributed by atoms with Crippen molar-refractivity contribution in [2.24, 2.45) is 5.10 Å². The van der Waals surface area contributed by atoms with Gasteiger partial charge in [-0.1, -0.05) is 23.7 Å². The summed E-state index contributed by atoms with van der Waals surface area (Å²) in [6.07, 6.45) is 0.838. The zero-order valence-electron chi connectivity index (χ0n) is 16.3. The third kappa shape index (κ3) is 6.56. The highest BCUT2D eigenvalue weighted by molar-refractivity contribution is 7.91. The molecule has 0 saturated heterocycles. The summed E-state index contributed by atoms with van der Waals surface area (Å²) in [4.78, 5) is 10.6. The SMILES string of the molecule is CN(C)CCS(=O)(=O)c1ccc(N2CCC(c3ccc(Cl)cc3)=N2)cc1.O=CO. The standard InChI is InChI=1S/C19H22ClN3O2S.CH2O2/c1-22(2)13-14-26(24,25)18-9-7-17(8-10-18)23-12-11-19(21-23)15-3-5-16(20)6-4-15;2-1-3/h3-10H,11-14H2,1-2H3;1H,(H,2,3). The second-order valence-electron chi connectivity index (χ2n) is 6.65. The van der Waals surface area contributed by atoms with E-state index >= 15 is 0 Å². The molecule has 0 atom stereocenters. The van der Waals surface area contributed by atoms with Crippen LogP contribution >= 0.6 is 11.6 Å². The van der Waals surface area contributed by atoms with Crippen LogP contribution in [0.4, 0.5) is 5.69 Å². The quantitative estimate of drug-likeness (QED) is 0.698. The number of sulfone groups is 1. The molecule has 29 heavy (non-hydrogen) atoms. The van der Waals surface area contributed by atoms with Crippen molar-refractivity contribution >= 4 is 39.3 Å². The van der Waals surface area contributed by atoms with E-state index in [9.17, 15) is 8.42 Å². The van der Waals surface area contributed by atoms with Crippen molar-refractivity contribution in [2.75, 3.05) is 37.9 Å². The molecule has 0 fully saturated rings. The van der Waals surface area contributed by atoms with Crippen molar-refractivity contribution in [2.45, 2.75) is 11.3 Å². The van der Waals surface area contributed by atoms with Crippen LogP contribution < -0.4 is 5.01 Å². The van der Waals surface area contributed by atoms with Crippen LogP contribution in [-0.4, -0.2) is 63.5 Å². The van der Waals surface area contributed by atoms with Gasteiger partial charge in [0.1, 0.15) is 0 Å². The Bertz CT molecular complexity index is 943. The molecule has 0 aromatic heterocycles. The molecule has 2 aromatic carbocycles. The van der Waals surface area contributed by atoms with Gasteiger partial charge in [-0.15, -0.1) is 0 Å². The van der Waals surface area contributed by atoms with E-state index in [1.807, 2.05) is 60.4 Å². The van der Waals surface area contributed by atoms with Crippen molar-refractivity contribution in [1.29, 1.82) is 0 Å². The highest BCUT2D eigenvalue weighted by Gasteiger charge is 2.19. The molecular formula is C20H24ClN3O4S. The first-order valence-corrected chi connectivity index (χ1v) is 11.0. The fourth-order valence-corrected chi connectivity index (χ4v) is 4.25. The summed E-state index contributed by atoms with van der Waals surface area (Å²) in [5, 5.41) is 14.2. The number of hydrogen-bond donors (Lipinski definition) is 1. The maximum absolute atomic E-state index is 12.4. The molecule has 1 heterocycles. The third-order valence-electron chi connectivity index (χ3n) is 4.28. The first-order valence-electron chi connectivity index (χ1n) is 8.93. The molecule has 1 aliphatic rings. The molecule has 0 spiro atoms. The Kier molecular flexibility index (Phi) is 8.19. The van der Waals surface area contributed by atoms with Crippen molar-refractivity contribution in [3.8, 4) is 0 Å². The molecular weight excluding hydrogens is 414 g/mol. The van der Waals surface area contributed by atoms with Crippen molar-refractivity contribution in [3.05, 3.63) is 59.1 Å². The van der Waals surface area contributed by atoms with Gasteiger partial charge in [-0.25, -0.2) is 8.42 Å². The average molecular weight is 438 g/mol. The van der Waals surface area contributed by atoms with Crippen LogP contribution in [0.15, 0.2) is 58.5 Å². The fourth-order valence-electron chi connectivity index (χ4n) is 2.73. The predicted molar refractivity (Wildman–Crippen MR) is 116 cm³/mol. The molecule has 0 unspecified atom stereocenters. The van der Waals surface area contributed by atoms with Gasteiger partial charge in [-0.3, -0.25) is 9.80 Å². The summed E-state index contributed by atoms with van der Waals surface area (Å²) in [7, 11) is 0.465. The molecule has 156 valence electrons. The Morgan fingerprint density at radius 3 is 2.28 bits per heavy atom. The van der Waals surface area contributed by atoms with Gasteiger partial charge in [0.2, 0.25) is 0 Å². The van der Waals surface area contributed by atoms with E-state index in [4.69, 9.17) is 21.5 Å². The Morgan fingerprint density at radius 2 is 1.72 bits per heavy atom. The molecule has 0 aliphatic carbocycles. The lowest BCUT2D eigenvalue weighted by atomic mass is 10.1. The number of benzene rings is 2. The van der Waals surface area contributed by atoms with Gasteiger partial charge >= 0.3 is 0 Å². The Hall–Kier alpha value is -2.42. The van der Waals surface area contributed by atoms with Crippen molar-refractivity contribution < 1.29 is 18.3 Å². The minimum atomic E-state index is -3.26. The van der Waals surface area contributed by atoms with Crippen LogP contribution in [0.3, 0.4) is 0 Å². The average Bonchev–Trinajstić information content (AvgIpc) is 3.18. The van der Waals surface area contributed by atoms with Gasteiger partial charge in [0.15, 0.2) is 9.84 Å². The summed E-state index contributed by atoms with van der Waals surface area (Å²) in [6.45, 7) is 1.02. The van der Waals surface area contributed by atoms with Gasteiger partial charge in [0.05, 0.1) is 22.0 Å². The van der Waals surface area contributed by atoms with E-state index in [1.165, 1.54) is 0 Å². The number of carboxylic acid groups (broad SMARTS) is 1. The van der Waals surface area contributed by atoms with E-state index in [0.717, 1.165) is 29.9 Å². The first-order chi connectivity index (χ1) is 13.8. The van der Waals surface area contributed by atoms with Crippen LogP contribution in [0.25, 0.3) is 0 Å². The maximum atomic E-state index is 12.4. The number of carbonyl (C=O) groups is 1. The van der Waals surface area contributed by atoms with E-state index in [0.29, 0.717) is 16.5 Å². The molecule has 0 radical (unpaired) electrons. The van der Waals surface area contributed by atoms with Crippen LogP contribution in [-0.2, 0) is 14.6 Å². The zero-order valence-corrected chi connectivity index (χ0v) is 17.9. The Morgan fingerprint density at radius 1 is 1.14 bits per heavy atom. The summed E-state index contributed by atoms with van der Waals surface area (Å²) < 4.78 is 24.7. The normalized spacial score (nSPS) is 13.7. The van der Waals surface area contributed by atoms with Gasteiger partial charge in [-0.05, 0) is 56.1 Å². The van der Waals surface area contributed by atoms with Crippen LogP contribution in [0, 0.1) is 0 Å². The minimum Gasteiger partial charge on any atom is -0.483 e. The van der Waals surface area contributed by atoms with Crippen molar-refractivity contribution in [1.82, 2.24) is 4.90 Å². The topological polar surface area (TPSA) is 90.3 Å². The number of hydrogen-bond acceptors (Lipinski definition) is 6. The number of anilines is 1. The maximum Gasteiger partial charge on any atom is 0.290 e. The second kappa shape index (κ2) is 10.4. The molecule has 1 aliphatic heterocycles. The van der Waals surface area contributed by atoms with E-state index in [1.54, 1.807) is 12.1 Å². The molecule has 3 rings (SSSR count). The lowest BCUT2D eigenvalue weighted by molar-refractivity contribution is -0.122. The molecule has 1 N–H and O–H groups in total. The Balaban J connectivity index is 0.000000941. The van der Waals surface area contributed by atoms with Crippen LogP contribution in [0.2, 0.25) is 5.02 Å². The summed E-state index contributed by atoms with van der Waals surface area (Å²) >= 11 is 5.93. The van der Waals surface area contributed by atoms with Crippen LogP contribution in [0.5, 0.6) is 0 Å². The molecule has 2 aromatic rings. The molecule has 0 bridgehead atoms. The van der Waals surface area contributed by atoms with Crippen molar-refractivity contribution in [3.63, 3.8) is 0 Å². The number of nitrogens with zero attached hydrogens (tertiary/aromatic N) is 3. The first kappa shape index (κ1) is 22.9. The van der Waals surface area contributed by atoms with E-state index < -0.39 is 9.84 Å². The largest absolute Gasteiger partial charge is 0.483 e. The van der Waals surface area contributed by atoms with Gasteiger partial charge in [0, 0.05) is 24.5 Å². The predicted octanol–water partition coefficient (Wildman–Crippen LogP) is 2.99. The summed E-state index contributed by atoms with van der Waals surface area (Å²) in [5.41, 5.74) is 2.95. The number of rotatable bonds is 6. The smallest absolute Gasteiger partial charge is 0.290 e. The fraction of sp³-hybridized carbons (Fsp3) is 0.300. The second-order valence-corrected chi connectivity index (χ2v) is 9.19. The monoisotopic (exact) mass is 437 g/mol. The molecule has 0 saturated carbocycles. The molecule has 0 amide bonds. The summed E-state index contributed by atoms with van der Waals surface area (Å²) in [6, 6.07) is 14.6. The Labute approximate surface area is 176 Å². The zero-order chi connectivity index (χ0) is 21.4. The third-order valence-corrected chi connectivity index (χ3v) is 6.24. The van der Waals surface area contributed by atoms with Gasteiger partial charge < -0.3 is 10.0 Å². The minimum absolute atomic E-state index is 0.113. The van der Waals surface area contributed by atoms with E-state index in [-0.39, 0.29) is 12.2 Å². The van der Waals surface area contributed by atoms with Gasteiger partial charge in [0.25, 0.3) is 6.47 Å². The van der Waals surface area contributed by atoms with Gasteiger partial charge in [-0.2, -0.15) is 5.10 Å². The summed E-state index contributed by atoms with van der Waals surface area (Å²) in [5.74, 6) is 0.113. The molecule has 9 heteroatoms. The lowest BCUT2D eigenvalue weighted by Gasteiger charge is -2.14. The van der Waals surface area contributed by atoms with E-state index in [2.05, 4.69) is 5.10 Å².